The Morgan fingerprint density at radius 1 is 1.44 bits per heavy atom. The summed E-state index contributed by atoms with van der Waals surface area (Å²) in [5.41, 5.74) is 0.745. The first-order chi connectivity index (χ1) is 4.27. The van der Waals surface area contributed by atoms with Crippen LogP contribution in [0.15, 0.2) is 0 Å². The molecule has 56 valence electrons. The summed E-state index contributed by atoms with van der Waals surface area (Å²) in [7, 11) is 1.89. The van der Waals surface area contributed by atoms with E-state index in [1.54, 1.807) is 0 Å². The molecular formula is C7H18N2. The van der Waals surface area contributed by atoms with E-state index in [4.69, 9.17) is 5.41 Å². The van der Waals surface area contributed by atoms with Gasteiger partial charge in [-0.1, -0.05) is 13.8 Å². The van der Waals surface area contributed by atoms with Gasteiger partial charge in [-0.25, -0.2) is 0 Å². The van der Waals surface area contributed by atoms with Crippen molar-refractivity contribution in [3.8, 4) is 0 Å². The molecule has 0 rings (SSSR count). The molecule has 0 aromatic rings. The second-order valence-electron chi connectivity index (χ2n) is 1.63. The average Bonchev–Trinajstić information content (AvgIpc) is 1.88. The van der Waals surface area contributed by atoms with Gasteiger partial charge < -0.3 is 10.7 Å². The molecule has 9 heavy (non-hydrogen) atoms. The Labute approximate surface area is 58.2 Å². The van der Waals surface area contributed by atoms with Gasteiger partial charge in [-0.05, 0) is 20.4 Å². The molecule has 0 aromatic carbocycles. The van der Waals surface area contributed by atoms with Gasteiger partial charge >= 0.3 is 0 Å². The lowest BCUT2D eigenvalue weighted by Gasteiger charge is -1.92. The second kappa shape index (κ2) is 10.6. The summed E-state index contributed by atoms with van der Waals surface area (Å²) in [6.45, 7) is 6.74. The van der Waals surface area contributed by atoms with Gasteiger partial charge in [0.2, 0.25) is 0 Å². The van der Waals surface area contributed by atoms with Crippen molar-refractivity contribution >= 4 is 5.71 Å². The number of hydrogen-bond donors (Lipinski definition) is 2. The molecule has 0 saturated carbocycles. The van der Waals surface area contributed by atoms with E-state index in [0.29, 0.717) is 0 Å². The summed E-state index contributed by atoms with van der Waals surface area (Å²) in [5.74, 6) is 0. The Hall–Kier alpha value is -0.370. The quantitative estimate of drug-likeness (QED) is 0.560. The van der Waals surface area contributed by atoms with Crippen LogP contribution in [0, 0.1) is 5.41 Å². The Bertz CT molecular complexity index is 59.9. The first-order valence-corrected chi connectivity index (χ1v) is 3.46. The third-order valence-corrected chi connectivity index (χ3v) is 0.750. The highest BCUT2D eigenvalue weighted by Crippen LogP contribution is 1.75. The summed E-state index contributed by atoms with van der Waals surface area (Å²) in [6.07, 6.45) is 0.872. The fraction of sp³-hybridized carbons (Fsp3) is 0.857. The minimum atomic E-state index is 0.745. The molecule has 2 heteroatoms. The molecule has 2 N–H and O–H groups in total. The Balaban J connectivity index is 0. The van der Waals surface area contributed by atoms with Crippen molar-refractivity contribution in [1.29, 1.82) is 5.41 Å². The first-order valence-electron chi connectivity index (χ1n) is 3.46. The summed E-state index contributed by atoms with van der Waals surface area (Å²) < 4.78 is 0. The lowest BCUT2D eigenvalue weighted by atomic mass is 10.3. The van der Waals surface area contributed by atoms with E-state index in [1.807, 2.05) is 27.8 Å². The maximum absolute atomic E-state index is 6.96. The number of nitrogens with one attached hydrogen (secondary N) is 2. The van der Waals surface area contributed by atoms with Gasteiger partial charge in [0.1, 0.15) is 0 Å². The molecule has 0 unspecified atom stereocenters. The number of rotatable bonds is 3. The van der Waals surface area contributed by atoms with Crippen LogP contribution in [0.1, 0.15) is 27.2 Å². The third-order valence-electron chi connectivity index (χ3n) is 0.750. The molecule has 0 atom stereocenters. The predicted molar refractivity (Wildman–Crippen MR) is 43.3 cm³/mol. The molecule has 0 bridgehead atoms. The van der Waals surface area contributed by atoms with Gasteiger partial charge in [0.15, 0.2) is 0 Å². The van der Waals surface area contributed by atoms with Crippen molar-refractivity contribution in [2.24, 2.45) is 0 Å². The molecule has 0 aliphatic carbocycles. The first kappa shape index (κ1) is 11.4. The van der Waals surface area contributed by atoms with E-state index in [-0.39, 0.29) is 0 Å². The van der Waals surface area contributed by atoms with Crippen LogP contribution in [-0.4, -0.2) is 19.3 Å². The van der Waals surface area contributed by atoms with Gasteiger partial charge in [0, 0.05) is 12.3 Å². The molecule has 0 aromatic heterocycles. The topological polar surface area (TPSA) is 35.9 Å². The van der Waals surface area contributed by atoms with Crippen LogP contribution >= 0.6 is 0 Å². The SMILES string of the molecule is CC.CNCCC(C)=N. The van der Waals surface area contributed by atoms with Crippen molar-refractivity contribution < 1.29 is 0 Å². The predicted octanol–water partition coefficient (Wildman–Crippen LogP) is 1.66. The van der Waals surface area contributed by atoms with Gasteiger partial charge in [0.05, 0.1) is 0 Å². The minimum absolute atomic E-state index is 0.745. The van der Waals surface area contributed by atoms with Crippen LogP contribution in [0.2, 0.25) is 0 Å². The molecule has 0 radical (unpaired) electrons. The van der Waals surface area contributed by atoms with E-state index in [2.05, 4.69) is 5.32 Å². The molecule has 0 spiro atoms. The smallest absolute Gasteiger partial charge is 0.00708 e. The van der Waals surface area contributed by atoms with Crippen LogP contribution in [-0.2, 0) is 0 Å². The molecule has 0 aliphatic rings. The highest BCUT2D eigenvalue weighted by atomic mass is 14.8. The van der Waals surface area contributed by atoms with E-state index in [0.717, 1.165) is 18.7 Å². The van der Waals surface area contributed by atoms with Crippen LogP contribution < -0.4 is 5.32 Å². The molecule has 0 amide bonds. The molecule has 0 heterocycles. The summed E-state index contributed by atoms with van der Waals surface area (Å²) in [4.78, 5) is 0. The van der Waals surface area contributed by atoms with Crippen LogP contribution in [0.5, 0.6) is 0 Å². The van der Waals surface area contributed by atoms with E-state index >= 15 is 0 Å². The largest absolute Gasteiger partial charge is 0.319 e. The zero-order valence-electron chi connectivity index (χ0n) is 6.91. The maximum Gasteiger partial charge on any atom is 0.00708 e. The lowest BCUT2D eigenvalue weighted by Crippen LogP contribution is -2.10. The molecular weight excluding hydrogens is 112 g/mol. The highest BCUT2D eigenvalue weighted by molar-refractivity contribution is 5.78. The third kappa shape index (κ3) is 18.4. The standard InChI is InChI=1S/C5H12N2.C2H6/c1-5(6)3-4-7-2;1-2/h6-7H,3-4H2,1-2H3;1-2H3. The van der Waals surface area contributed by atoms with Crippen LogP contribution in [0.25, 0.3) is 0 Å². The van der Waals surface area contributed by atoms with Gasteiger partial charge in [-0.15, -0.1) is 0 Å². The van der Waals surface area contributed by atoms with E-state index in [9.17, 15) is 0 Å². The van der Waals surface area contributed by atoms with Crippen molar-refractivity contribution in [2.75, 3.05) is 13.6 Å². The number of hydrogen-bond acceptors (Lipinski definition) is 2. The molecule has 0 saturated heterocycles. The van der Waals surface area contributed by atoms with Crippen molar-refractivity contribution in [2.45, 2.75) is 27.2 Å². The Morgan fingerprint density at radius 2 is 1.89 bits per heavy atom. The van der Waals surface area contributed by atoms with Crippen molar-refractivity contribution in [3.63, 3.8) is 0 Å². The zero-order valence-corrected chi connectivity index (χ0v) is 6.91. The monoisotopic (exact) mass is 130 g/mol. The maximum atomic E-state index is 6.96. The highest BCUT2D eigenvalue weighted by Gasteiger charge is 1.82. The summed E-state index contributed by atoms with van der Waals surface area (Å²) in [5, 5.41) is 9.92. The Kier molecular flexibility index (Phi) is 13.4. The average molecular weight is 130 g/mol. The summed E-state index contributed by atoms with van der Waals surface area (Å²) >= 11 is 0. The summed E-state index contributed by atoms with van der Waals surface area (Å²) in [6, 6.07) is 0. The minimum Gasteiger partial charge on any atom is -0.319 e. The second-order valence-corrected chi connectivity index (χ2v) is 1.63. The fourth-order valence-electron chi connectivity index (χ4n) is 0.312. The van der Waals surface area contributed by atoms with Crippen molar-refractivity contribution in [3.05, 3.63) is 0 Å². The zero-order chi connectivity index (χ0) is 7.70. The van der Waals surface area contributed by atoms with Gasteiger partial charge in [-0.2, -0.15) is 0 Å². The van der Waals surface area contributed by atoms with Crippen LogP contribution in [0.4, 0.5) is 0 Å². The van der Waals surface area contributed by atoms with E-state index < -0.39 is 0 Å². The van der Waals surface area contributed by atoms with Crippen molar-refractivity contribution in [1.82, 2.24) is 5.32 Å². The molecule has 0 aliphatic heterocycles. The van der Waals surface area contributed by atoms with Crippen LogP contribution in [0.3, 0.4) is 0 Å². The molecule has 0 fully saturated rings. The lowest BCUT2D eigenvalue weighted by molar-refractivity contribution is 0.820. The van der Waals surface area contributed by atoms with Gasteiger partial charge in [0.25, 0.3) is 0 Å². The fourth-order valence-corrected chi connectivity index (χ4v) is 0.312. The molecule has 2 nitrogen and oxygen atoms in total. The van der Waals surface area contributed by atoms with Gasteiger partial charge in [-0.3, -0.25) is 0 Å². The van der Waals surface area contributed by atoms with E-state index in [1.165, 1.54) is 0 Å². The normalized spacial score (nSPS) is 7.56. The Morgan fingerprint density at radius 3 is 2.00 bits per heavy atom.